The summed E-state index contributed by atoms with van der Waals surface area (Å²) in [7, 11) is 4.56. The molecule has 0 saturated heterocycles. The molecular weight excluding hydrogens is 248 g/mol. The molecule has 0 aliphatic rings. The molecule has 0 saturated carbocycles. The third-order valence-corrected chi connectivity index (χ3v) is 2.70. The van der Waals surface area contributed by atoms with Crippen molar-refractivity contribution >= 4 is 5.97 Å². The Hall–Kier alpha value is -1.75. The molecule has 1 rings (SSSR count). The van der Waals surface area contributed by atoms with Crippen molar-refractivity contribution in [1.29, 1.82) is 0 Å². The van der Waals surface area contributed by atoms with E-state index >= 15 is 0 Å². The summed E-state index contributed by atoms with van der Waals surface area (Å²) in [5.41, 5.74) is 0. The molecular formula is C14H20O5. The molecule has 19 heavy (non-hydrogen) atoms. The number of ether oxygens (including phenoxy) is 4. The van der Waals surface area contributed by atoms with Gasteiger partial charge in [-0.3, -0.25) is 4.79 Å². The van der Waals surface area contributed by atoms with E-state index in [1.54, 1.807) is 20.3 Å². The molecule has 0 fully saturated rings. The fraction of sp³-hybridized carbons (Fsp3) is 0.500. The first-order chi connectivity index (χ1) is 9.21. The van der Waals surface area contributed by atoms with Gasteiger partial charge in [0.15, 0.2) is 0 Å². The first-order valence-electron chi connectivity index (χ1n) is 6.05. The van der Waals surface area contributed by atoms with Crippen molar-refractivity contribution in [3.8, 4) is 11.5 Å². The van der Waals surface area contributed by atoms with Crippen LogP contribution in [0.15, 0.2) is 24.3 Å². The maximum absolute atomic E-state index is 11.6. The molecule has 5 nitrogen and oxygen atoms in total. The number of hydrogen-bond acceptors (Lipinski definition) is 5. The Bertz CT molecular complexity index is 391. The van der Waals surface area contributed by atoms with E-state index in [0.717, 1.165) is 0 Å². The lowest BCUT2D eigenvalue weighted by molar-refractivity contribution is -0.147. The van der Waals surface area contributed by atoms with Crippen LogP contribution in [0, 0.1) is 5.92 Å². The molecule has 0 aliphatic carbocycles. The van der Waals surface area contributed by atoms with Crippen molar-refractivity contribution in [3.05, 3.63) is 24.3 Å². The normalized spacial score (nSPS) is 11.7. The van der Waals surface area contributed by atoms with E-state index in [2.05, 4.69) is 0 Å². The summed E-state index contributed by atoms with van der Waals surface area (Å²) in [4.78, 5) is 11.6. The highest BCUT2D eigenvalue weighted by Crippen LogP contribution is 2.20. The quantitative estimate of drug-likeness (QED) is 0.674. The third kappa shape index (κ3) is 5.18. The average molecular weight is 268 g/mol. The minimum atomic E-state index is -0.337. The van der Waals surface area contributed by atoms with Crippen LogP contribution < -0.4 is 9.47 Å². The number of carbonyl (C=O) groups excluding carboxylic acids is 1. The van der Waals surface area contributed by atoms with E-state index in [0.29, 0.717) is 24.5 Å². The number of rotatable bonds is 8. The Morgan fingerprint density at radius 3 is 2.58 bits per heavy atom. The standard InChI is InChI=1S/C14H20O5/c1-16-8-7-11(14(15)18-3)10-19-13-6-4-5-12(9-13)17-2/h4-6,9,11H,7-8,10H2,1-3H3. The van der Waals surface area contributed by atoms with Gasteiger partial charge >= 0.3 is 5.97 Å². The smallest absolute Gasteiger partial charge is 0.312 e. The second-order valence-electron chi connectivity index (χ2n) is 3.99. The Kier molecular flexibility index (Phi) is 6.74. The van der Waals surface area contributed by atoms with E-state index in [9.17, 15) is 4.79 Å². The van der Waals surface area contributed by atoms with Crippen molar-refractivity contribution in [2.45, 2.75) is 6.42 Å². The molecule has 0 aromatic heterocycles. The fourth-order valence-corrected chi connectivity index (χ4v) is 1.58. The van der Waals surface area contributed by atoms with Crippen LogP contribution in [-0.2, 0) is 14.3 Å². The molecule has 106 valence electrons. The summed E-state index contributed by atoms with van der Waals surface area (Å²) >= 11 is 0. The Balaban J connectivity index is 2.56. The largest absolute Gasteiger partial charge is 0.497 e. The first-order valence-corrected chi connectivity index (χ1v) is 6.05. The summed E-state index contributed by atoms with van der Waals surface area (Å²) in [6.07, 6.45) is 0.563. The van der Waals surface area contributed by atoms with Gasteiger partial charge in [-0.05, 0) is 18.6 Å². The first kappa shape index (κ1) is 15.3. The molecule has 1 aromatic carbocycles. The summed E-state index contributed by atoms with van der Waals surface area (Å²) in [6, 6.07) is 7.24. The second kappa shape index (κ2) is 8.37. The lowest BCUT2D eigenvalue weighted by atomic mass is 10.1. The number of hydrogen-bond donors (Lipinski definition) is 0. The minimum Gasteiger partial charge on any atom is -0.497 e. The molecule has 1 unspecified atom stereocenters. The van der Waals surface area contributed by atoms with E-state index in [4.69, 9.17) is 18.9 Å². The predicted octanol–water partition coefficient (Wildman–Crippen LogP) is 1.90. The molecule has 0 bridgehead atoms. The lowest BCUT2D eigenvalue weighted by Gasteiger charge is -2.15. The van der Waals surface area contributed by atoms with Gasteiger partial charge in [-0.2, -0.15) is 0 Å². The molecule has 0 spiro atoms. The van der Waals surface area contributed by atoms with Gasteiger partial charge in [0.25, 0.3) is 0 Å². The Morgan fingerprint density at radius 1 is 1.21 bits per heavy atom. The number of esters is 1. The zero-order valence-corrected chi connectivity index (χ0v) is 11.5. The summed E-state index contributed by atoms with van der Waals surface area (Å²) in [6.45, 7) is 0.741. The molecule has 5 heteroatoms. The summed E-state index contributed by atoms with van der Waals surface area (Å²) in [5, 5.41) is 0. The van der Waals surface area contributed by atoms with E-state index < -0.39 is 0 Å². The fourth-order valence-electron chi connectivity index (χ4n) is 1.58. The topological polar surface area (TPSA) is 54.0 Å². The van der Waals surface area contributed by atoms with Gasteiger partial charge in [-0.1, -0.05) is 6.07 Å². The molecule has 1 atom stereocenters. The highest BCUT2D eigenvalue weighted by Gasteiger charge is 2.19. The number of carbonyl (C=O) groups is 1. The van der Waals surface area contributed by atoms with E-state index in [1.807, 2.05) is 18.2 Å². The van der Waals surface area contributed by atoms with E-state index in [-0.39, 0.29) is 18.5 Å². The van der Waals surface area contributed by atoms with Crippen LogP contribution in [0.3, 0.4) is 0 Å². The predicted molar refractivity (Wildman–Crippen MR) is 70.5 cm³/mol. The second-order valence-corrected chi connectivity index (χ2v) is 3.99. The van der Waals surface area contributed by atoms with Gasteiger partial charge in [0, 0.05) is 19.8 Å². The zero-order chi connectivity index (χ0) is 14.1. The van der Waals surface area contributed by atoms with Crippen molar-refractivity contribution in [2.75, 3.05) is 34.5 Å². The van der Waals surface area contributed by atoms with E-state index in [1.165, 1.54) is 7.11 Å². The molecule has 0 heterocycles. The van der Waals surface area contributed by atoms with Gasteiger partial charge in [0.2, 0.25) is 0 Å². The minimum absolute atomic E-state index is 0.253. The van der Waals surface area contributed by atoms with Crippen LogP contribution in [0.25, 0.3) is 0 Å². The number of benzene rings is 1. The number of methoxy groups -OCH3 is 3. The van der Waals surface area contributed by atoms with Crippen molar-refractivity contribution < 1.29 is 23.7 Å². The monoisotopic (exact) mass is 268 g/mol. The van der Waals surface area contributed by atoms with Gasteiger partial charge in [0.1, 0.15) is 18.1 Å². The maximum atomic E-state index is 11.6. The van der Waals surface area contributed by atoms with Crippen molar-refractivity contribution in [1.82, 2.24) is 0 Å². The van der Waals surface area contributed by atoms with Crippen LogP contribution in [0.4, 0.5) is 0 Å². The van der Waals surface area contributed by atoms with Gasteiger partial charge in [0.05, 0.1) is 20.1 Å². The maximum Gasteiger partial charge on any atom is 0.312 e. The lowest BCUT2D eigenvalue weighted by Crippen LogP contribution is -2.24. The third-order valence-electron chi connectivity index (χ3n) is 2.70. The van der Waals surface area contributed by atoms with Gasteiger partial charge in [-0.25, -0.2) is 0 Å². The molecule has 0 N–H and O–H groups in total. The molecule has 0 aliphatic heterocycles. The van der Waals surface area contributed by atoms with Crippen LogP contribution in [0.1, 0.15) is 6.42 Å². The molecule has 0 amide bonds. The Labute approximate surface area is 113 Å². The molecule has 1 aromatic rings. The zero-order valence-electron chi connectivity index (χ0n) is 11.5. The highest BCUT2D eigenvalue weighted by atomic mass is 16.5. The Morgan fingerprint density at radius 2 is 1.95 bits per heavy atom. The highest BCUT2D eigenvalue weighted by molar-refractivity contribution is 5.72. The van der Waals surface area contributed by atoms with Crippen molar-refractivity contribution in [3.63, 3.8) is 0 Å². The van der Waals surface area contributed by atoms with Crippen LogP contribution in [-0.4, -0.2) is 40.5 Å². The van der Waals surface area contributed by atoms with Crippen LogP contribution in [0.2, 0.25) is 0 Å². The average Bonchev–Trinajstić information content (AvgIpc) is 2.46. The SMILES string of the molecule is COCCC(COc1cccc(OC)c1)C(=O)OC. The molecule has 0 radical (unpaired) electrons. The summed E-state index contributed by atoms with van der Waals surface area (Å²) in [5.74, 6) is 0.741. The van der Waals surface area contributed by atoms with Gasteiger partial charge in [-0.15, -0.1) is 0 Å². The summed E-state index contributed by atoms with van der Waals surface area (Å²) < 4.78 is 20.4. The van der Waals surface area contributed by atoms with Crippen LogP contribution >= 0.6 is 0 Å². The van der Waals surface area contributed by atoms with Crippen molar-refractivity contribution in [2.24, 2.45) is 5.92 Å². The van der Waals surface area contributed by atoms with Gasteiger partial charge < -0.3 is 18.9 Å². The van der Waals surface area contributed by atoms with Crippen LogP contribution in [0.5, 0.6) is 11.5 Å².